The van der Waals surface area contributed by atoms with Crippen molar-refractivity contribution in [3.63, 3.8) is 0 Å². The van der Waals surface area contributed by atoms with E-state index in [-0.39, 0.29) is 24.0 Å². The summed E-state index contributed by atoms with van der Waals surface area (Å²) in [6.07, 6.45) is 0.694. The largest absolute Gasteiger partial charge is 0.347 e. The van der Waals surface area contributed by atoms with Gasteiger partial charge in [0.05, 0.1) is 0 Å². The van der Waals surface area contributed by atoms with Gasteiger partial charge in [-0.05, 0) is 36.2 Å². The predicted molar refractivity (Wildman–Crippen MR) is 105 cm³/mol. The molecule has 4 N–H and O–H groups in total. The number of fused-ring (bicyclic) bond motifs is 1. The lowest BCUT2D eigenvalue weighted by Gasteiger charge is -2.20. The molecular weight excluding hydrogens is 358 g/mol. The maximum atomic E-state index is 12.6. The molecule has 1 unspecified atom stereocenters. The van der Waals surface area contributed by atoms with Gasteiger partial charge < -0.3 is 26.2 Å². The summed E-state index contributed by atoms with van der Waals surface area (Å²) in [5.41, 5.74) is 2.80. The van der Waals surface area contributed by atoms with Crippen molar-refractivity contribution in [1.82, 2.24) is 15.5 Å². The number of likely N-dealkylation sites (tertiary alicyclic amines) is 1. The Morgan fingerprint density at radius 2 is 1.93 bits per heavy atom. The molecule has 1 saturated heterocycles. The van der Waals surface area contributed by atoms with Crippen LogP contribution in [0.25, 0.3) is 0 Å². The van der Waals surface area contributed by atoms with Gasteiger partial charge in [-0.3, -0.25) is 4.79 Å². The Balaban J connectivity index is 1.34. The molecule has 5 amide bonds. The van der Waals surface area contributed by atoms with Gasteiger partial charge >= 0.3 is 12.1 Å². The summed E-state index contributed by atoms with van der Waals surface area (Å²) in [5.74, 6) is -0.217. The number of rotatable bonds is 3. The average Bonchev–Trinajstić information content (AvgIpc) is 3.17. The van der Waals surface area contributed by atoms with E-state index in [1.807, 2.05) is 36.4 Å². The molecule has 8 nitrogen and oxygen atoms in total. The van der Waals surface area contributed by atoms with E-state index in [4.69, 9.17) is 0 Å². The minimum absolute atomic E-state index is 0.110. The first-order valence-electron chi connectivity index (χ1n) is 9.18. The van der Waals surface area contributed by atoms with Crippen molar-refractivity contribution in [3.05, 3.63) is 59.7 Å². The van der Waals surface area contributed by atoms with Crippen molar-refractivity contribution in [2.45, 2.75) is 19.0 Å². The summed E-state index contributed by atoms with van der Waals surface area (Å²) in [6.45, 7) is 1.47. The monoisotopic (exact) mass is 379 g/mol. The second-order valence-corrected chi connectivity index (χ2v) is 6.88. The molecule has 0 aliphatic carbocycles. The fourth-order valence-corrected chi connectivity index (χ4v) is 3.39. The molecule has 1 atom stereocenters. The van der Waals surface area contributed by atoms with E-state index in [0.717, 1.165) is 11.3 Å². The number of carbonyl (C=O) groups is 3. The first-order valence-corrected chi connectivity index (χ1v) is 9.18. The predicted octanol–water partition coefficient (Wildman–Crippen LogP) is 2.36. The highest BCUT2D eigenvalue weighted by Gasteiger charge is 2.28. The third-order valence-electron chi connectivity index (χ3n) is 4.90. The Kier molecular flexibility index (Phi) is 4.84. The third kappa shape index (κ3) is 3.90. The SMILES string of the molecule is O=C1NCc2ccc(C(=O)NC3CCN(C(=O)Nc4ccccc4)C3)cc2N1. The van der Waals surface area contributed by atoms with Crippen LogP contribution in [-0.2, 0) is 6.54 Å². The molecule has 0 radical (unpaired) electrons. The van der Waals surface area contributed by atoms with Crippen LogP contribution in [0.5, 0.6) is 0 Å². The molecule has 0 bridgehead atoms. The van der Waals surface area contributed by atoms with Gasteiger partial charge in [0.1, 0.15) is 0 Å². The zero-order valence-corrected chi connectivity index (χ0v) is 15.2. The smallest absolute Gasteiger partial charge is 0.321 e. The number of hydrogen-bond donors (Lipinski definition) is 4. The summed E-state index contributed by atoms with van der Waals surface area (Å²) in [5, 5.41) is 11.2. The van der Waals surface area contributed by atoms with E-state index in [9.17, 15) is 14.4 Å². The van der Waals surface area contributed by atoms with Crippen molar-refractivity contribution in [2.75, 3.05) is 23.7 Å². The molecule has 2 aliphatic heterocycles. The Labute approximate surface area is 162 Å². The van der Waals surface area contributed by atoms with E-state index in [0.29, 0.717) is 37.3 Å². The van der Waals surface area contributed by atoms with E-state index >= 15 is 0 Å². The highest BCUT2D eigenvalue weighted by Crippen LogP contribution is 2.21. The van der Waals surface area contributed by atoms with Gasteiger partial charge in [0.15, 0.2) is 0 Å². The zero-order valence-electron chi connectivity index (χ0n) is 15.2. The maximum absolute atomic E-state index is 12.6. The molecule has 2 aromatic rings. The molecule has 0 aromatic heterocycles. The van der Waals surface area contributed by atoms with Crippen LogP contribution >= 0.6 is 0 Å². The molecule has 2 aromatic carbocycles. The van der Waals surface area contributed by atoms with Crippen molar-refractivity contribution < 1.29 is 14.4 Å². The number of carbonyl (C=O) groups excluding carboxylic acids is 3. The molecule has 2 heterocycles. The summed E-state index contributed by atoms with van der Waals surface area (Å²) >= 11 is 0. The highest BCUT2D eigenvalue weighted by molar-refractivity contribution is 5.98. The summed E-state index contributed by atoms with van der Waals surface area (Å²) < 4.78 is 0. The van der Waals surface area contributed by atoms with Gasteiger partial charge in [-0.15, -0.1) is 0 Å². The summed E-state index contributed by atoms with van der Waals surface area (Å²) in [6, 6.07) is 14.0. The normalized spacial score (nSPS) is 17.9. The number of urea groups is 2. The van der Waals surface area contributed by atoms with Crippen molar-refractivity contribution in [3.8, 4) is 0 Å². The summed E-state index contributed by atoms with van der Waals surface area (Å²) in [7, 11) is 0. The van der Waals surface area contributed by atoms with Gasteiger partial charge in [-0.25, -0.2) is 9.59 Å². The molecule has 144 valence electrons. The van der Waals surface area contributed by atoms with Crippen LogP contribution in [-0.4, -0.2) is 42.0 Å². The van der Waals surface area contributed by atoms with E-state index in [1.165, 1.54) is 0 Å². The molecule has 8 heteroatoms. The topological polar surface area (TPSA) is 103 Å². The Hall–Kier alpha value is -3.55. The molecule has 0 saturated carbocycles. The van der Waals surface area contributed by atoms with E-state index < -0.39 is 0 Å². The van der Waals surface area contributed by atoms with Crippen molar-refractivity contribution in [1.29, 1.82) is 0 Å². The number of nitrogens with zero attached hydrogens (tertiary/aromatic N) is 1. The maximum Gasteiger partial charge on any atom is 0.321 e. The molecule has 1 fully saturated rings. The molecule has 0 spiro atoms. The lowest BCUT2D eigenvalue weighted by atomic mass is 10.1. The van der Waals surface area contributed by atoms with Crippen molar-refractivity contribution >= 4 is 29.3 Å². The second kappa shape index (κ2) is 7.59. The molecule has 28 heavy (non-hydrogen) atoms. The van der Waals surface area contributed by atoms with Crippen LogP contribution in [0.1, 0.15) is 22.3 Å². The Morgan fingerprint density at radius 1 is 1.11 bits per heavy atom. The first kappa shape index (κ1) is 17.8. The van der Waals surface area contributed by atoms with Crippen LogP contribution in [0, 0.1) is 0 Å². The van der Waals surface area contributed by atoms with Gasteiger partial charge in [0, 0.05) is 42.6 Å². The molecule has 4 rings (SSSR count). The first-order chi connectivity index (χ1) is 13.6. The van der Waals surface area contributed by atoms with Crippen LogP contribution in [0.4, 0.5) is 21.0 Å². The van der Waals surface area contributed by atoms with Gasteiger partial charge in [0.2, 0.25) is 0 Å². The number of benzene rings is 2. The molecular formula is C20H21N5O3. The lowest BCUT2D eigenvalue weighted by Crippen LogP contribution is -2.40. The minimum atomic E-state index is -0.277. The van der Waals surface area contributed by atoms with E-state index in [1.54, 1.807) is 17.0 Å². The number of amides is 5. The standard InChI is InChI=1S/C20H21N5O3/c26-18(13-6-7-14-11-21-19(27)24-17(14)10-13)22-16-8-9-25(12-16)20(28)23-15-4-2-1-3-5-15/h1-7,10,16H,8-9,11-12H2,(H,22,26)(H,23,28)(H2,21,24,27). The Morgan fingerprint density at radius 3 is 2.75 bits per heavy atom. The summed E-state index contributed by atoms with van der Waals surface area (Å²) in [4.78, 5) is 38.1. The second-order valence-electron chi connectivity index (χ2n) is 6.88. The van der Waals surface area contributed by atoms with E-state index in [2.05, 4.69) is 21.3 Å². The number of nitrogens with one attached hydrogen (secondary N) is 4. The lowest BCUT2D eigenvalue weighted by molar-refractivity contribution is 0.0938. The van der Waals surface area contributed by atoms with Crippen LogP contribution < -0.4 is 21.3 Å². The van der Waals surface area contributed by atoms with Crippen LogP contribution in [0.2, 0.25) is 0 Å². The van der Waals surface area contributed by atoms with Gasteiger partial charge in [-0.2, -0.15) is 0 Å². The average molecular weight is 379 g/mol. The number of anilines is 2. The fourth-order valence-electron chi connectivity index (χ4n) is 3.39. The van der Waals surface area contributed by atoms with Crippen LogP contribution in [0.3, 0.4) is 0 Å². The zero-order chi connectivity index (χ0) is 19.5. The molecule has 2 aliphatic rings. The minimum Gasteiger partial charge on any atom is -0.347 e. The van der Waals surface area contributed by atoms with Gasteiger partial charge in [-0.1, -0.05) is 24.3 Å². The number of hydrogen-bond acceptors (Lipinski definition) is 3. The van der Waals surface area contributed by atoms with Crippen LogP contribution in [0.15, 0.2) is 48.5 Å². The third-order valence-corrected chi connectivity index (χ3v) is 4.90. The Bertz CT molecular complexity index is 915. The number of para-hydroxylation sites is 1. The fraction of sp³-hybridized carbons (Fsp3) is 0.250. The quantitative estimate of drug-likeness (QED) is 0.658. The highest BCUT2D eigenvalue weighted by atomic mass is 16.2. The van der Waals surface area contributed by atoms with Crippen molar-refractivity contribution in [2.24, 2.45) is 0 Å². The van der Waals surface area contributed by atoms with Gasteiger partial charge in [0.25, 0.3) is 5.91 Å².